The Balaban J connectivity index is 0.00000225. The van der Waals surface area contributed by atoms with E-state index in [1.54, 1.807) is 6.07 Å². The smallest absolute Gasteiger partial charge is 0.225 e. The molecule has 0 aliphatic rings. The highest BCUT2D eigenvalue weighted by Crippen LogP contribution is 2.18. The largest absolute Gasteiger partial charge is 0.238 e. The quantitative estimate of drug-likeness (QED) is 0.907. The molecule has 0 aliphatic heterocycles. The van der Waals surface area contributed by atoms with E-state index in [1.807, 2.05) is 19.1 Å². The number of nitrogens with two attached hydrogens (primary N) is 1. The summed E-state index contributed by atoms with van der Waals surface area (Å²) in [4.78, 5) is 0.274. The molecule has 5 heteroatoms. The van der Waals surface area contributed by atoms with Gasteiger partial charge in [0, 0.05) is 0 Å². The highest BCUT2D eigenvalue weighted by atomic mass is 35.5. The van der Waals surface area contributed by atoms with Gasteiger partial charge in [-0.25, -0.2) is 13.6 Å². The minimum atomic E-state index is -3.59. The molecule has 0 heterocycles. The second-order valence-electron chi connectivity index (χ2n) is 3.76. The summed E-state index contributed by atoms with van der Waals surface area (Å²) >= 11 is 0. The first-order valence-corrected chi connectivity index (χ1v) is 6.62. The number of rotatable bonds is 4. The lowest BCUT2D eigenvalue weighted by Gasteiger charge is -2.08. The van der Waals surface area contributed by atoms with Crippen LogP contribution in [0.25, 0.3) is 0 Å². The molecule has 0 radical (unpaired) electrons. The van der Waals surface area contributed by atoms with Crippen molar-refractivity contribution in [1.82, 2.24) is 0 Å². The summed E-state index contributed by atoms with van der Waals surface area (Å²) in [5, 5.41) is 5.17. The first kappa shape index (κ1) is 15.4. The van der Waals surface area contributed by atoms with E-state index in [-0.39, 0.29) is 17.3 Å². The van der Waals surface area contributed by atoms with Crippen molar-refractivity contribution in [3.63, 3.8) is 0 Å². The monoisotopic (exact) mass is 263 g/mol. The molecule has 0 spiro atoms. The minimum absolute atomic E-state index is 0. The van der Waals surface area contributed by atoms with Crippen LogP contribution in [0.15, 0.2) is 23.1 Å². The molecule has 16 heavy (non-hydrogen) atoms. The van der Waals surface area contributed by atoms with Crippen molar-refractivity contribution in [3.8, 4) is 0 Å². The molecule has 0 amide bonds. The van der Waals surface area contributed by atoms with Gasteiger partial charge in [0.15, 0.2) is 0 Å². The van der Waals surface area contributed by atoms with Gasteiger partial charge in [-0.15, -0.1) is 12.4 Å². The van der Waals surface area contributed by atoms with E-state index in [2.05, 4.69) is 6.92 Å². The average molecular weight is 264 g/mol. The zero-order valence-electron chi connectivity index (χ0n) is 9.56. The molecule has 0 aromatic heterocycles. The Labute approximate surface area is 104 Å². The molecule has 1 aromatic rings. The Morgan fingerprint density at radius 1 is 1.31 bits per heavy atom. The molecule has 0 saturated carbocycles. The number of aryl methyl sites for hydroxylation is 2. The summed E-state index contributed by atoms with van der Waals surface area (Å²) in [6.45, 7) is 3.93. The van der Waals surface area contributed by atoms with Gasteiger partial charge < -0.3 is 0 Å². The van der Waals surface area contributed by atoms with Gasteiger partial charge in [0.05, 0.1) is 4.90 Å². The van der Waals surface area contributed by atoms with Crippen molar-refractivity contribution >= 4 is 22.4 Å². The van der Waals surface area contributed by atoms with E-state index in [9.17, 15) is 8.42 Å². The summed E-state index contributed by atoms with van der Waals surface area (Å²) in [6, 6.07) is 5.41. The lowest BCUT2D eigenvalue weighted by molar-refractivity contribution is 0.596. The Morgan fingerprint density at radius 2 is 1.94 bits per heavy atom. The normalized spacial score (nSPS) is 10.9. The number of hydrogen-bond acceptors (Lipinski definition) is 2. The topological polar surface area (TPSA) is 60.2 Å². The third kappa shape index (κ3) is 4.12. The van der Waals surface area contributed by atoms with Crippen molar-refractivity contribution in [1.29, 1.82) is 0 Å². The maximum atomic E-state index is 11.3. The molecule has 0 atom stereocenters. The third-order valence-electron chi connectivity index (χ3n) is 2.33. The summed E-state index contributed by atoms with van der Waals surface area (Å²) in [7, 11) is -3.59. The number of hydrogen-bond donors (Lipinski definition) is 1. The molecule has 92 valence electrons. The van der Waals surface area contributed by atoms with Crippen LogP contribution >= 0.6 is 12.4 Å². The van der Waals surface area contributed by atoms with Gasteiger partial charge in [0.25, 0.3) is 0 Å². The molecular weight excluding hydrogens is 246 g/mol. The first-order valence-electron chi connectivity index (χ1n) is 5.07. The second kappa shape index (κ2) is 6.23. The van der Waals surface area contributed by atoms with Crippen LogP contribution < -0.4 is 5.14 Å². The molecule has 0 bridgehead atoms. The zero-order chi connectivity index (χ0) is 11.5. The van der Waals surface area contributed by atoms with Gasteiger partial charge in [-0.3, -0.25) is 0 Å². The standard InChI is InChI=1S/C11H17NO2S.ClH/c1-3-4-5-10-7-6-9(2)8-11(10)15(12,13)14;/h6-8H,3-5H2,1-2H3,(H2,12,13,14);1H. The van der Waals surface area contributed by atoms with Gasteiger partial charge >= 0.3 is 0 Å². The van der Waals surface area contributed by atoms with Crippen LogP contribution in [-0.2, 0) is 16.4 Å². The Hall–Kier alpha value is -0.580. The zero-order valence-corrected chi connectivity index (χ0v) is 11.2. The lowest BCUT2D eigenvalue weighted by Crippen LogP contribution is -2.14. The van der Waals surface area contributed by atoms with Crippen molar-refractivity contribution in [2.75, 3.05) is 0 Å². The Morgan fingerprint density at radius 3 is 2.44 bits per heavy atom. The van der Waals surface area contributed by atoms with E-state index in [0.29, 0.717) is 0 Å². The van der Waals surface area contributed by atoms with Gasteiger partial charge in [-0.05, 0) is 37.0 Å². The van der Waals surface area contributed by atoms with Gasteiger partial charge in [-0.2, -0.15) is 0 Å². The average Bonchev–Trinajstić information content (AvgIpc) is 2.14. The van der Waals surface area contributed by atoms with Crippen molar-refractivity contribution in [3.05, 3.63) is 29.3 Å². The predicted octanol–water partition coefficient (Wildman–Crippen LogP) is 2.41. The highest BCUT2D eigenvalue weighted by Gasteiger charge is 2.13. The van der Waals surface area contributed by atoms with E-state index < -0.39 is 10.0 Å². The number of sulfonamides is 1. The van der Waals surface area contributed by atoms with Crippen molar-refractivity contribution in [2.45, 2.75) is 38.0 Å². The van der Waals surface area contributed by atoms with E-state index in [0.717, 1.165) is 30.4 Å². The molecule has 0 aliphatic carbocycles. The summed E-state index contributed by atoms with van der Waals surface area (Å²) < 4.78 is 22.7. The summed E-state index contributed by atoms with van der Waals surface area (Å²) in [5.74, 6) is 0. The number of halogens is 1. The van der Waals surface area contributed by atoms with Crippen LogP contribution in [0.1, 0.15) is 30.9 Å². The molecule has 3 nitrogen and oxygen atoms in total. The van der Waals surface area contributed by atoms with Gasteiger partial charge in [0.1, 0.15) is 0 Å². The van der Waals surface area contributed by atoms with Gasteiger partial charge in [0.2, 0.25) is 10.0 Å². The van der Waals surface area contributed by atoms with Crippen LogP contribution in [0.3, 0.4) is 0 Å². The number of benzene rings is 1. The predicted molar refractivity (Wildman–Crippen MR) is 68.4 cm³/mol. The van der Waals surface area contributed by atoms with Crippen molar-refractivity contribution in [2.24, 2.45) is 5.14 Å². The molecule has 2 N–H and O–H groups in total. The number of primary sulfonamides is 1. The maximum absolute atomic E-state index is 11.3. The molecule has 0 saturated heterocycles. The molecular formula is C11H18ClNO2S. The van der Waals surface area contributed by atoms with Crippen LogP contribution in [0, 0.1) is 6.92 Å². The second-order valence-corrected chi connectivity index (χ2v) is 5.29. The Kier molecular flexibility index (Phi) is 6.00. The van der Waals surface area contributed by atoms with Crippen LogP contribution in [0.2, 0.25) is 0 Å². The summed E-state index contributed by atoms with van der Waals surface area (Å²) in [5.41, 5.74) is 1.74. The van der Waals surface area contributed by atoms with E-state index >= 15 is 0 Å². The van der Waals surface area contributed by atoms with Crippen LogP contribution in [-0.4, -0.2) is 8.42 Å². The fourth-order valence-electron chi connectivity index (χ4n) is 1.50. The minimum Gasteiger partial charge on any atom is -0.225 e. The van der Waals surface area contributed by atoms with Crippen molar-refractivity contribution < 1.29 is 8.42 Å². The van der Waals surface area contributed by atoms with Crippen LogP contribution in [0.5, 0.6) is 0 Å². The molecule has 1 aromatic carbocycles. The van der Waals surface area contributed by atoms with Gasteiger partial charge in [-0.1, -0.05) is 25.5 Å². The van der Waals surface area contributed by atoms with E-state index in [4.69, 9.17) is 5.14 Å². The molecule has 0 unspecified atom stereocenters. The van der Waals surface area contributed by atoms with Crippen LogP contribution in [0.4, 0.5) is 0 Å². The Bertz CT molecular complexity index is 443. The molecule has 1 rings (SSSR count). The highest BCUT2D eigenvalue weighted by molar-refractivity contribution is 7.89. The fraction of sp³-hybridized carbons (Fsp3) is 0.455. The van der Waals surface area contributed by atoms with E-state index in [1.165, 1.54) is 0 Å². The maximum Gasteiger partial charge on any atom is 0.238 e. The SMILES string of the molecule is CCCCc1ccc(C)cc1S(N)(=O)=O.Cl. The fourth-order valence-corrected chi connectivity index (χ4v) is 2.39. The first-order chi connectivity index (χ1) is 6.95. The lowest BCUT2D eigenvalue weighted by atomic mass is 10.1. The summed E-state index contributed by atoms with van der Waals surface area (Å²) in [6.07, 6.45) is 2.78. The molecule has 0 fully saturated rings. The third-order valence-corrected chi connectivity index (χ3v) is 3.32. The number of unbranched alkanes of at least 4 members (excludes halogenated alkanes) is 1.